The third-order valence-electron chi connectivity index (χ3n) is 4.74. The molecular weight excluding hydrogens is 270 g/mol. The lowest BCUT2D eigenvalue weighted by molar-refractivity contribution is 0.0374. The lowest BCUT2D eigenvalue weighted by atomic mass is 10.0. The number of hydrogen-bond donors (Lipinski definition) is 0. The van der Waals surface area contributed by atoms with E-state index in [1.54, 1.807) is 0 Å². The fraction of sp³-hybridized carbons (Fsp3) is 0.900. The molecule has 2 nitrogen and oxygen atoms in total. The van der Waals surface area contributed by atoms with Gasteiger partial charge in [-0.15, -0.1) is 0 Å². The first-order chi connectivity index (χ1) is 10.8. The third kappa shape index (κ3) is 11.3. The maximum absolute atomic E-state index is 5.38. The number of unbranched alkanes of at least 4 members (excludes halogenated alkanes) is 8. The van der Waals surface area contributed by atoms with E-state index in [4.69, 9.17) is 4.74 Å². The van der Waals surface area contributed by atoms with Gasteiger partial charge in [-0.25, -0.2) is 0 Å². The SMILES string of the molecule is C=C(CCCCCCCCCCC)CCCN1CCOCC1. The molecule has 1 fully saturated rings. The molecule has 0 spiro atoms. The Hall–Kier alpha value is -0.340. The number of allylic oxidation sites excluding steroid dienone is 1. The molecule has 1 saturated heterocycles. The molecular formula is C20H39NO. The van der Waals surface area contributed by atoms with Gasteiger partial charge in [-0.1, -0.05) is 70.4 Å². The van der Waals surface area contributed by atoms with E-state index < -0.39 is 0 Å². The van der Waals surface area contributed by atoms with Gasteiger partial charge < -0.3 is 4.74 Å². The Morgan fingerprint density at radius 2 is 1.36 bits per heavy atom. The summed E-state index contributed by atoms with van der Waals surface area (Å²) in [5.74, 6) is 0. The normalized spacial score (nSPS) is 16.0. The molecule has 1 aliphatic rings. The summed E-state index contributed by atoms with van der Waals surface area (Å²) in [6.07, 6.45) is 16.5. The van der Waals surface area contributed by atoms with Gasteiger partial charge in [0.25, 0.3) is 0 Å². The van der Waals surface area contributed by atoms with Gasteiger partial charge in [-0.3, -0.25) is 4.90 Å². The second kappa shape index (κ2) is 14.3. The van der Waals surface area contributed by atoms with Crippen molar-refractivity contribution < 1.29 is 4.74 Å². The van der Waals surface area contributed by atoms with Crippen molar-refractivity contribution in [1.82, 2.24) is 4.90 Å². The first kappa shape index (κ1) is 19.7. The van der Waals surface area contributed by atoms with Gasteiger partial charge in [-0.05, 0) is 32.2 Å². The molecule has 0 radical (unpaired) electrons. The average molecular weight is 310 g/mol. The monoisotopic (exact) mass is 309 g/mol. The number of rotatable bonds is 14. The molecule has 130 valence electrons. The van der Waals surface area contributed by atoms with Crippen molar-refractivity contribution in [1.29, 1.82) is 0 Å². The highest BCUT2D eigenvalue weighted by Gasteiger charge is 2.09. The van der Waals surface area contributed by atoms with Crippen molar-refractivity contribution in [3.8, 4) is 0 Å². The summed E-state index contributed by atoms with van der Waals surface area (Å²) in [6, 6.07) is 0. The number of morpholine rings is 1. The molecule has 0 N–H and O–H groups in total. The predicted molar refractivity (Wildman–Crippen MR) is 97.5 cm³/mol. The first-order valence-corrected chi connectivity index (χ1v) is 9.79. The maximum Gasteiger partial charge on any atom is 0.0594 e. The van der Waals surface area contributed by atoms with Crippen LogP contribution in [-0.4, -0.2) is 37.7 Å². The molecule has 0 saturated carbocycles. The van der Waals surface area contributed by atoms with Crippen LogP contribution in [0.25, 0.3) is 0 Å². The minimum atomic E-state index is 0.916. The fourth-order valence-electron chi connectivity index (χ4n) is 3.19. The van der Waals surface area contributed by atoms with Gasteiger partial charge in [0.2, 0.25) is 0 Å². The molecule has 0 amide bonds. The van der Waals surface area contributed by atoms with E-state index >= 15 is 0 Å². The summed E-state index contributed by atoms with van der Waals surface area (Å²) in [5.41, 5.74) is 1.47. The topological polar surface area (TPSA) is 12.5 Å². The molecule has 0 aromatic rings. The van der Waals surface area contributed by atoms with Crippen LogP contribution >= 0.6 is 0 Å². The molecule has 0 bridgehead atoms. The van der Waals surface area contributed by atoms with Crippen LogP contribution in [0.2, 0.25) is 0 Å². The van der Waals surface area contributed by atoms with Gasteiger partial charge >= 0.3 is 0 Å². The van der Waals surface area contributed by atoms with E-state index in [0.717, 1.165) is 26.3 Å². The largest absolute Gasteiger partial charge is 0.379 e. The zero-order valence-corrected chi connectivity index (χ0v) is 15.1. The minimum Gasteiger partial charge on any atom is -0.379 e. The van der Waals surface area contributed by atoms with Crippen molar-refractivity contribution in [3.05, 3.63) is 12.2 Å². The van der Waals surface area contributed by atoms with Crippen LogP contribution in [-0.2, 0) is 4.74 Å². The number of hydrogen-bond acceptors (Lipinski definition) is 2. The Morgan fingerprint density at radius 3 is 2.00 bits per heavy atom. The first-order valence-electron chi connectivity index (χ1n) is 9.79. The zero-order chi connectivity index (χ0) is 15.9. The Morgan fingerprint density at radius 1 is 0.818 bits per heavy atom. The Balaban J connectivity index is 1.81. The smallest absolute Gasteiger partial charge is 0.0594 e. The second-order valence-electron chi connectivity index (χ2n) is 6.89. The number of ether oxygens (including phenoxy) is 1. The summed E-state index contributed by atoms with van der Waals surface area (Å²) in [6.45, 7) is 11.8. The quantitative estimate of drug-likeness (QED) is 0.307. The standard InChI is InChI=1S/C20H39NO/c1-3-4-5-6-7-8-9-10-11-13-20(2)14-12-15-21-16-18-22-19-17-21/h2-19H2,1H3. The zero-order valence-electron chi connectivity index (χ0n) is 15.1. The fourth-order valence-corrected chi connectivity index (χ4v) is 3.19. The second-order valence-corrected chi connectivity index (χ2v) is 6.89. The van der Waals surface area contributed by atoms with Crippen molar-refractivity contribution in [2.45, 2.75) is 84.0 Å². The summed E-state index contributed by atoms with van der Waals surface area (Å²) >= 11 is 0. The summed E-state index contributed by atoms with van der Waals surface area (Å²) in [7, 11) is 0. The highest BCUT2D eigenvalue weighted by molar-refractivity contribution is 4.93. The molecule has 1 aliphatic heterocycles. The van der Waals surface area contributed by atoms with Crippen LogP contribution in [0.4, 0.5) is 0 Å². The summed E-state index contributed by atoms with van der Waals surface area (Å²) in [5, 5.41) is 0. The Labute approximate surface area is 139 Å². The van der Waals surface area contributed by atoms with E-state index in [2.05, 4.69) is 18.4 Å². The Kier molecular flexibility index (Phi) is 12.8. The minimum absolute atomic E-state index is 0.916. The van der Waals surface area contributed by atoms with Crippen molar-refractivity contribution in [2.24, 2.45) is 0 Å². The molecule has 0 atom stereocenters. The van der Waals surface area contributed by atoms with E-state index in [1.807, 2.05) is 0 Å². The van der Waals surface area contributed by atoms with Crippen LogP contribution in [0.5, 0.6) is 0 Å². The maximum atomic E-state index is 5.38. The molecule has 1 rings (SSSR count). The molecule has 22 heavy (non-hydrogen) atoms. The van der Waals surface area contributed by atoms with Crippen molar-refractivity contribution >= 4 is 0 Å². The van der Waals surface area contributed by atoms with E-state index in [9.17, 15) is 0 Å². The molecule has 0 aromatic heterocycles. The van der Waals surface area contributed by atoms with Gasteiger partial charge in [0, 0.05) is 13.1 Å². The molecule has 2 heteroatoms. The van der Waals surface area contributed by atoms with Gasteiger partial charge in [0.05, 0.1) is 13.2 Å². The highest BCUT2D eigenvalue weighted by Crippen LogP contribution is 2.15. The van der Waals surface area contributed by atoms with Crippen LogP contribution in [0.1, 0.15) is 84.0 Å². The average Bonchev–Trinajstić information content (AvgIpc) is 2.54. The molecule has 1 heterocycles. The van der Waals surface area contributed by atoms with Crippen LogP contribution in [0, 0.1) is 0 Å². The van der Waals surface area contributed by atoms with Crippen LogP contribution < -0.4 is 0 Å². The molecule has 0 unspecified atom stereocenters. The van der Waals surface area contributed by atoms with E-state index in [0.29, 0.717) is 0 Å². The van der Waals surface area contributed by atoms with Gasteiger partial charge in [0.1, 0.15) is 0 Å². The van der Waals surface area contributed by atoms with Crippen molar-refractivity contribution in [3.63, 3.8) is 0 Å². The lowest BCUT2D eigenvalue weighted by Gasteiger charge is -2.26. The van der Waals surface area contributed by atoms with Crippen LogP contribution in [0.15, 0.2) is 12.2 Å². The lowest BCUT2D eigenvalue weighted by Crippen LogP contribution is -2.36. The predicted octanol–water partition coefficient (Wildman–Crippen LogP) is 5.58. The van der Waals surface area contributed by atoms with E-state index in [-0.39, 0.29) is 0 Å². The highest BCUT2D eigenvalue weighted by atomic mass is 16.5. The van der Waals surface area contributed by atoms with Gasteiger partial charge in [-0.2, -0.15) is 0 Å². The van der Waals surface area contributed by atoms with Crippen LogP contribution in [0.3, 0.4) is 0 Å². The number of nitrogens with zero attached hydrogens (tertiary/aromatic N) is 1. The van der Waals surface area contributed by atoms with E-state index in [1.165, 1.54) is 89.2 Å². The van der Waals surface area contributed by atoms with Gasteiger partial charge in [0.15, 0.2) is 0 Å². The van der Waals surface area contributed by atoms with Crippen molar-refractivity contribution in [2.75, 3.05) is 32.8 Å². The molecule has 0 aliphatic carbocycles. The third-order valence-corrected chi connectivity index (χ3v) is 4.74. The summed E-state index contributed by atoms with van der Waals surface area (Å²) < 4.78 is 5.38. The Bertz CT molecular complexity index is 258. The molecule has 0 aromatic carbocycles. The summed E-state index contributed by atoms with van der Waals surface area (Å²) in [4.78, 5) is 2.52.